The van der Waals surface area contributed by atoms with Crippen molar-refractivity contribution in [2.24, 2.45) is 5.92 Å². The van der Waals surface area contributed by atoms with E-state index >= 15 is 0 Å². The summed E-state index contributed by atoms with van der Waals surface area (Å²) in [6, 6.07) is 0.510. The largest absolute Gasteiger partial charge is 0.381 e. The molecule has 1 aliphatic carbocycles. The molecule has 1 saturated carbocycles. The van der Waals surface area contributed by atoms with Gasteiger partial charge < -0.3 is 9.64 Å². The lowest BCUT2D eigenvalue weighted by atomic mass is 9.92. The van der Waals surface area contributed by atoms with Gasteiger partial charge in [0.15, 0.2) is 0 Å². The molecule has 0 atom stereocenters. The van der Waals surface area contributed by atoms with Crippen molar-refractivity contribution in [2.75, 3.05) is 20.3 Å². The van der Waals surface area contributed by atoms with Crippen LogP contribution in [0.1, 0.15) is 51.4 Å². The van der Waals surface area contributed by atoms with Crippen molar-refractivity contribution in [1.82, 2.24) is 4.90 Å². The molecular formula is C14H25NO2. The monoisotopic (exact) mass is 239 g/mol. The first-order valence-corrected chi connectivity index (χ1v) is 7.11. The lowest BCUT2D eigenvalue weighted by molar-refractivity contribution is -0.134. The smallest absolute Gasteiger partial charge is 0.222 e. The van der Waals surface area contributed by atoms with Crippen molar-refractivity contribution in [1.29, 1.82) is 0 Å². The van der Waals surface area contributed by atoms with Crippen LogP contribution in [0, 0.1) is 5.92 Å². The van der Waals surface area contributed by atoms with Crippen molar-refractivity contribution < 1.29 is 9.53 Å². The van der Waals surface area contributed by atoms with E-state index in [9.17, 15) is 4.79 Å². The zero-order valence-electron chi connectivity index (χ0n) is 11.0. The highest BCUT2D eigenvalue weighted by Gasteiger charge is 2.24. The van der Waals surface area contributed by atoms with Gasteiger partial charge in [-0.3, -0.25) is 4.79 Å². The predicted molar refractivity (Wildman–Crippen MR) is 67.8 cm³/mol. The van der Waals surface area contributed by atoms with Gasteiger partial charge >= 0.3 is 0 Å². The second-order valence-electron chi connectivity index (χ2n) is 5.56. The third-order valence-electron chi connectivity index (χ3n) is 4.32. The van der Waals surface area contributed by atoms with Gasteiger partial charge in [-0.2, -0.15) is 0 Å². The molecule has 3 nitrogen and oxygen atoms in total. The second kappa shape index (κ2) is 6.39. The molecule has 2 fully saturated rings. The second-order valence-corrected chi connectivity index (χ2v) is 5.56. The van der Waals surface area contributed by atoms with E-state index in [-0.39, 0.29) is 0 Å². The van der Waals surface area contributed by atoms with Gasteiger partial charge in [-0.25, -0.2) is 0 Å². The quantitative estimate of drug-likeness (QED) is 0.757. The summed E-state index contributed by atoms with van der Waals surface area (Å²) in [6.45, 7) is 1.68. The minimum Gasteiger partial charge on any atom is -0.381 e. The average Bonchev–Trinajstić information content (AvgIpc) is 2.40. The van der Waals surface area contributed by atoms with Gasteiger partial charge in [0.25, 0.3) is 0 Å². The van der Waals surface area contributed by atoms with E-state index in [2.05, 4.69) is 0 Å². The Labute approximate surface area is 105 Å². The fourth-order valence-electron chi connectivity index (χ4n) is 3.01. The lowest BCUT2D eigenvalue weighted by Gasteiger charge is -2.32. The van der Waals surface area contributed by atoms with Gasteiger partial charge in [-0.1, -0.05) is 19.3 Å². The molecule has 0 radical (unpaired) electrons. The molecular weight excluding hydrogens is 214 g/mol. The fraction of sp³-hybridized carbons (Fsp3) is 0.929. The Hall–Kier alpha value is -0.570. The molecule has 1 heterocycles. The minimum absolute atomic E-state index is 0.351. The van der Waals surface area contributed by atoms with E-state index in [1.807, 2.05) is 11.9 Å². The first kappa shape index (κ1) is 12.9. The summed E-state index contributed by atoms with van der Waals surface area (Å²) in [6.07, 6.45) is 9.19. The van der Waals surface area contributed by atoms with E-state index in [0.717, 1.165) is 32.5 Å². The molecule has 3 heteroatoms. The summed E-state index contributed by atoms with van der Waals surface area (Å²) in [7, 11) is 2.00. The van der Waals surface area contributed by atoms with E-state index in [4.69, 9.17) is 4.74 Å². The number of nitrogens with zero attached hydrogens (tertiary/aromatic N) is 1. The van der Waals surface area contributed by atoms with Crippen LogP contribution < -0.4 is 0 Å². The van der Waals surface area contributed by atoms with Crippen LogP contribution in [0.5, 0.6) is 0 Å². The first-order chi connectivity index (χ1) is 8.27. The number of carbonyl (C=O) groups is 1. The number of hydrogen-bond donors (Lipinski definition) is 0. The molecule has 98 valence electrons. The summed E-state index contributed by atoms with van der Waals surface area (Å²) in [5.41, 5.74) is 0. The normalized spacial score (nSPS) is 23.6. The fourth-order valence-corrected chi connectivity index (χ4v) is 3.01. The maximum absolute atomic E-state index is 12.2. The topological polar surface area (TPSA) is 29.5 Å². The zero-order chi connectivity index (χ0) is 12.1. The van der Waals surface area contributed by atoms with Gasteiger partial charge in [0, 0.05) is 32.7 Å². The Balaban J connectivity index is 1.77. The van der Waals surface area contributed by atoms with E-state index < -0.39 is 0 Å². The van der Waals surface area contributed by atoms with Crippen molar-refractivity contribution in [3.63, 3.8) is 0 Å². The molecule has 0 aromatic carbocycles. The summed E-state index contributed by atoms with van der Waals surface area (Å²) in [4.78, 5) is 14.2. The number of ether oxygens (including phenoxy) is 1. The highest BCUT2D eigenvalue weighted by Crippen LogP contribution is 2.24. The number of amides is 1. The van der Waals surface area contributed by atoms with Crippen molar-refractivity contribution in [3.8, 4) is 0 Å². The molecule has 0 bridgehead atoms. The third-order valence-corrected chi connectivity index (χ3v) is 4.32. The van der Waals surface area contributed by atoms with Crippen molar-refractivity contribution in [2.45, 2.75) is 57.4 Å². The minimum atomic E-state index is 0.351. The molecule has 0 aromatic heterocycles. The molecule has 2 aliphatic rings. The van der Waals surface area contributed by atoms with Crippen LogP contribution in [-0.4, -0.2) is 37.1 Å². The molecule has 1 aliphatic heterocycles. The Morgan fingerprint density at radius 1 is 1.12 bits per heavy atom. The van der Waals surface area contributed by atoms with Crippen LogP contribution >= 0.6 is 0 Å². The molecule has 0 N–H and O–H groups in total. The number of hydrogen-bond acceptors (Lipinski definition) is 2. The summed E-state index contributed by atoms with van der Waals surface area (Å²) < 4.78 is 5.33. The van der Waals surface area contributed by atoms with E-state index in [1.165, 1.54) is 32.1 Å². The number of carbonyl (C=O) groups excluding carboxylic acids is 1. The van der Waals surface area contributed by atoms with Crippen LogP contribution in [0.2, 0.25) is 0 Å². The van der Waals surface area contributed by atoms with Crippen LogP contribution in [0.25, 0.3) is 0 Å². The van der Waals surface area contributed by atoms with Crippen LogP contribution in [0.15, 0.2) is 0 Å². The molecule has 17 heavy (non-hydrogen) atoms. The molecule has 0 aromatic rings. The maximum Gasteiger partial charge on any atom is 0.222 e. The highest BCUT2D eigenvalue weighted by atomic mass is 16.5. The van der Waals surface area contributed by atoms with Crippen LogP contribution in [0.3, 0.4) is 0 Å². The Bertz CT molecular complexity index is 243. The summed E-state index contributed by atoms with van der Waals surface area (Å²) in [5, 5.41) is 0. The van der Waals surface area contributed by atoms with E-state index in [1.54, 1.807) is 0 Å². The Morgan fingerprint density at radius 2 is 1.76 bits per heavy atom. The molecule has 1 amide bonds. The lowest BCUT2D eigenvalue weighted by Crippen LogP contribution is -2.39. The van der Waals surface area contributed by atoms with Gasteiger partial charge in [-0.05, 0) is 31.6 Å². The SMILES string of the molecule is CN(C(=O)CC1CCOCC1)C1CCCCC1. The Kier molecular flexibility index (Phi) is 4.84. The van der Waals surface area contributed by atoms with Crippen LogP contribution in [-0.2, 0) is 9.53 Å². The molecule has 0 unspecified atom stereocenters. The Morgan fingerprint density at radius 3 is 2.41 bits per heavy atom. The van der Waals surface area contributed by atoms with Gasteiger partial charge in [0.05, 0.1) is 0 Å². The van der Waals surface area contributed by atoms with Gasteiger partial charge in [0.1, 0.15) is 0 Å². The van der Waals surface area contributed by atoms with Crippen molar-refractivity contribution >= 4 is 5.91 Å². The van der Waals surface area contributed by atoms with Gasteiger partial charge in [0.2, 0.25) is 5.91 Å². The zero-order valence-corrected chi connectivity index (χ0v) is 11.0. The standard InChI is InChI=1S/C14H25NO2/c1-15(13-5-3-2-4-6-13)14(16)11-12-7-9-17-10-8-12/h12-13H,2-11H2,1H3. The first-order valence-electron chi connectivity index (χ1n) is 7.11. The summed E-state index contributed by atoms with van der Waals surface area (Å²) in [5.74, 6) is 0.908. The molecule has 2 rings (SSSR count). The van der Waals surface area contributed by atoms with Crippen molar-refractivity contribution in [3.05, 3.63) is 0 Å². The van der Waals surface area contributed by atoms with E-state index in [0.29, 0.717) is 17.9 Å². The van der Waals surface area contributed by atoms with Crippen LogP contribution in [0.4, 0.5) is 0 Å². The molecule has 1 saturated heterocycles. The predicted octanol–water partition coefficient (Wildman–Crippen LogP) is 2.59. The average molecular weight is 239 g/mol. The van der Waals surface area contributed by atoms with Gasteiger partial charge in [-0.15, -0.1) is 0 Å². The summed E-state index contributed by atoms with van der Waals surface area (Å²) >= 11 is 0. The molecule has 0 spiro atoms. The third kappa shape index (κ3) is 3.70. The highest BCUT2D eigenvalue weighted by molar-refractivity contribution is 5.76. The maximum atomic E-state index is 12.2. The number of rotatable bonds is 3.